The number of nitrogens with zero attached hydrogens (tertiary/aromatic N) is 2. The molecule has 2 heterocycles. The molecule has 0 saturated heterocycles. The normalized spacial score (nSPS) is 15.8. The summed E-state index contributed by atoms with van der Waals surface area (Å²) in [7, 11) is 0. The molecule has 4 rings (SSSR count). The Balaban J connectivity index is 1.55. The van der Waals surface area contributed by atoms with E-state index in [1.165, 1.54) is 40.1 Å². The Hall–Kier alpha value is -3.26. The van der Waals surface area contributed by atoms with Gasteiger partial charge in [-0.1, -0.05) is 32.4 Å². The van der Waals surface area contributed by atoms with E-state index >= 15 is 0 Å². The summed E-state index contributed by atoms with van der Waals surface area (Å²) in [5, 5.41) is 2.00. The lowest BCUT2D eigenvalue weighted by Gasteiger charge is -2.37. The lowest BCUT2D eigenvalue weighted by Crippen LogP contribution is -2.48. The van der Waals surface area contributed by atoms with Crippen LogP contribution in [0.15, 0.2) is 60.0 Å². The highest BCUT2D eigenvalue weighted by atomic mass is 32.1. The molecule has 0 saturated carbocycles. The lowest BCUT2D eigenvalue weighted by molar-refractivity contribution is -0.135. The van der Waals surface area contributed by atoms with Crippen molar-refractivity contribution in [1.82, 2.24) is 9.80 Å². The minimum absolute atomic E-state index is 0.115. The molecule has 190 valence electrons. The Morgan fingerprint density at radius 2 is 1.89 bits per heavy atom. The zero-order chi connectivity index (χ0) is 25.7. The second-order valence-corrected chi connectivity index (χ2v) is 10.1. The van der Waals surface area contributed by atoms with E-state index in [1.54, 1.807) is 34.4 Å². The van der Waals surface area contributed by atoms with Crippen LogP contribution >= 0.6 is 11.3 Å². The fourth-order valence-electron chi connectivity index (χ4n) is 4.39. The predicted molar refractivity (Wildman–Crippen MR) is 136 cm³/mol. The molecule has 1 aromatic heterocycles. The summed E-state index contributed by atoms with van der Waals surface area (Å²) in [5.74, 6) is -0.892. The average molecular weight is 513 g/mol. The Morgan fingerprint density at radius 3 is 2.61 bits per heavy atom. The van der Waals surface area contributed by atoms with Gasteiger partial charge in [0.15, 0.2) is 0 Å². The number of carbonyl (C=O) groups excluding carboxylic acids is 2. The van der Waals surface area contributed by atoms with Crippen LogP contribution in [0.2, 0.25) is 0 Å². The van der Waals surface area contributed by atoms with Crippen LogP contribution in [-0.2, 0) is 11.2 Å². The van der Waals surface area contributed by atoms with Crippen molar-refractivity contribution in [2.24, 2.45) is 5.92 Å². The van der Waals surface area contributed by atoms with Gasteiger partial charge in [-0.3, -0.25) is 9.59 Å². The summed E-state index contributed by atoms with van der Waals surface area (Å²) in [6.45, 7) is 4.98. The zero-order valence-electron chi connectivity index (χ0n) is 20.5. The Bertz CT molecular complexity index is 1210. The largest absolute Gasteiger partial charge is 0.491 e. The summed E-state index contributed by atoms with van der Waals surface area (Å²) in [5.41, 5.74) is 1.23. The molecule has 0 unspecified atom stereocenters. The quantitative estimate of drug-likeness (QED) is 0.369. The number of amides is 2. The van der Waals surface area contributed by atoms with Crippen molar-refractivity contribution in [3.63, 3.8) is 0 Å². The van der Waals surface area contributed by atoms with Crippen LogP contribution in [0.4, 0.5) is 8.78 Å². The molecule has 8 heteroatoms. The van der Waals surface area contributed by atoms with Gasteiger partial charge in [-0.2, -0.15) is 0 Å². The van der Waals surface area contributed by atoms with Gasteiger partial charge in [-0.05, 0) is 59.7 Å². The molecule has 0 spiro atoms. The van der Waals surface area contributed by atoms with Gasteiger partial charge < -0.3 is 14.5 Å². The second kappa shape index (κ2) is 11.6. The molecular formula is C28H30F2N2O3S. The van der Waals surface area contributed by atoms with Gasteiger partial charge in [0.2, 0.25) is 5.91 Å². The molecule has 0 fully saturated rings. The first-order valence-electron chi connectivity index (χ1n) is 12.1. The third-order valence-electron chi connectivity index (χ3n) is 6.53. The topological polar surface area (TPSA) is 49.9 Å². The van der Waals surface area contributed by atoms with E-state index in [9.17, 15) is 18.4 Å². The Kier molecular flexibility index (Phi) is 8.36. The highest BCUT2D eigenvalue weighted by molar-refractivity contribution is 7.10. The Labute approximate surface area is 214 Å². The van der Waals surface area contributed by atoms with Crippen LogP contribution in [0.5, 0.6) is 5.75 Å². The van der Waals surface area contributed by atoms with Crippen molar-refractivity contribution < 1.29 is 23.1 Å². The van der Waals surface area contributed by atoms with Gasteiger partial charge in [-0.25, -0.2) is 8.78 Å². The molecule has 5 nitrogen and oxygen atoms in total. The number of hydrogen-bond donors (Lipinski definition) is 0. The van der Waals surface area contributed by atoms with Crippen molar-refractivity contribution in [3.05, 3.63) is 87.6 Å². The molecule has 3 aromatic rings. The monoisotopic (exact) mass is 512 g/mol. The summed E-state index contributed by atoms with van der Waals surface area (Å²) in [6, 6.07) is 13.1. The standard InChI is InChI=1S/C28H30F2N2O3S/c1-3-19(2)16-31(28(34)20-6-4-7-21(29)14-20)17-27(33)32-12-10-26-24(11-13-36-26)25(32)18-35-23-9-5-8-22(30)15-23/h4-9,11,13-15,19,25H,3,10,12,16-18H2,1-2H3/t19-,25+/m0/s1. The third-order valence-corrected chi connectivity index (χ3v) is 7.53. The highest BCUT2D eigenvalue weighted by Crippen LogP contribution is 2.34. The van der Waals surface area contributed by atoms with E-state index in [2.05, 4.69) is 0 Å². The molecule has 1 aliphatic rings. The minimum Gasteiger partial charge on any atom is -0.491 e. The number of benzene rings is 2. The van der Waals surface area contributed by atoms with Crippen molar-refractivity contribution in [2.75, 3.05) is 26.2 Å². The van der Waals surface area contributed by atoms with Crippen molar-refractivity contribution in [3.8, 4) is 5.75 Å². The molecule has 1 aliphatic heterocycles. The van der Waals surface area contributed by atoms with Crippen LogP contribution in [0, 0.1) is 17.6 Å². The van der Waals surface area contributed by atoms with Crippen molar-refractivity contribution in [1.29, 1.82) is 0 Å². The van der Waals surface area contributed by atoms with Gasteiger partial charge in [0.25, 0.3) is 5.91 Å². The van der Waals surface area contributed by atoms with Gasteiger partial charge in [0.1, 0.15) is 30.5 Å². The van der Waals surface area contributed by atoms with E-state index in [0.717, 1.165) is 18.4 Å². The number of carbonyl (C=O) groups is 2. The van der Waals surface area contributed by atoms with E-state index in [-0.39, 0.29) is 42.5 Å². The van der Waals surface area contributed by atoms with Crippen molar-refractivity contribution in [2.45, 2.75) is 32.7 Å². The number of thiophene rings is 1. The van der Waals surface area contributed by atoms with Crippen molar-refractivity contribution >= 4 is 23.2 Å². The van der Waals surface area contributed by atoms with E-state index < -0.39 is 11.6 Å². The van der Waals surface area contributed by atoms with Gasteiger partial charge in [0.05, 0.1) is 6.04 Å². The molecule has 0 N–H and O–H groups in total. The number of halogens is 2. The summed E-state index contributed by atoms with van der Waals surface area (Å²) in [4.78, 5) is 31.4. The second-order valence-electron chi connectivity index (χ2n) is 9.13. The SMILES string of the molecule is CC[C@H](C)CN(CC(=O)N1CCc2sccc2[C@H]1COc1cccc(F)c1)C(=O)c1cccc(F)c1. The summed E-state index contributed by atoms with van der Waals surface area (Å²) < 4.78 is 33.3. The van der Waals surface area contributed by atoms with E-state index in [0.29, 0.717) is 18.8 Å². The molecule has 2 amide bonds. The maximum absolute atomic E-state index is 13.8. The van der Waals surface area contributed by atoms with Gasteiger partial charge in [-0.15, -0.1) is 11.3 Å². The van der Waals surface area contributed by atoms with Gasteiger partial charge >= 0.3 is 0 Å². The van der Waals surface area contributed by atoms with Crippen LogP contribution in [0.3, 0.4) is 0 Å². The number of rotatable bonds is 9. The van der Waals surface area contributed by atoms with Crippen LogP contribution < -0.4 is 4.74 Å². The third kappa shape index (κ3) is 6.10. The van der Waals surface area contributed by atoms with Crippen LogP contribution in [0.1, 0.15) is 47.1 Å². The molecular weight excluding hydrogens is 482 g/mol. The fourth-order valence-corrected chi connectivity index (χ4v) is 5.32. The zero-order valence-corrected chi connectivity index (χ0v) is 21.3. The lowest BCUT2D eigenvalue weighted by atomic mass is 10.00. The van der Waals surface area contributed by atoms with Crippen LogP contribution in [0.25, 0.3) is 0 Å². The first-order chi connectivity index (χ1) is 17.4. The molecule has 36 heavy (non-hydrogen) atoms. The number of hydrogen-bond acceptors (Lipinski definition) is 4. The first kappa shape index (κ1) is 25.8. The summed E-state index contributed by atoms with van der Waals surface area (Å²) in [6.07, 6.45) is 1.56. The van der Waals surface area contributed by atoms with E-state index in [4.69, 9.17) is 4.74 Å². The highest BCUT2D eigenvalue weighted by Gasteiger charge is 2.34. The average Bonchev–Trinajstić information content (AvgIpc) is 3.35. The molecule has 0 bridgehead atoms. The van der Waals surface area contributed by atoms with Gasteiger partial charge in [0, 0.05) is 29.6 Å². The Morgan fingerprint density at radius 1 is 1.14 bits per heavy atom. The maximum atomic E-state index is 13.8. The number of fused-ring (bicyclic) bond motifs is 1. The molecule has 2 aromatic carbocycles. The minimum atomic E-state index is -0.494. The maximum Gasteiger partial charge on any atom is 0.254 e. The predicted octanol–water partition coefficient (Wildman–Crippen LogP) is 5.72. The first-order valence-corrected chi connectivity index (χ1v) is 13.0. The number of ether oxygens (including phenoxy) is 1. The molecule has 0 radical (unpaired) electrons. The van der Waals surface area contributed by atoms with Crippen LogP contribution in [-0.4, -0.2) is 47.9 Å². The molecule has 0 aliphatic carbocycles. The molecule has 2 atom stereocenters. The fraction of sp³-hybridized carbons (Fsp3) is 0.357. The summed E-state index contributed by atoms with van der Waals surface area (Å²) >= 11 is 1.64. The van der Waals surface area contributed by atoms with E-state index in [1.807, 2.05) is 25.3 Å². The smallest absolute Gasteiger partial charge is 0.254 e.